The first-order chi connectivity index (χ1) is 8.60. The number of nitrogens with zero attached hydrogens (tertiary/aromatic N) is 2. The summed E-state index contributed by atoms with van der Waals surface area (Å²) in [5, 5.41) is 14.1. The zero-order valence-corrected chi connectivity index (χ0v) is 11.5. The van der Waals surface area contributed by atoms with E-state index in [1.165, 1.54) is 6.07 Å². The molecule has 6 nitrogen and oxygen atoms in total. The van der Waals surface area contributed by atoms with E-state index >= 15 is 0 Å². The van der Waals surface area contributed by atoms with Crippen molar-refractivity contribution in [2.75, 3.05) is 12.4 Å². The Morgan fingerprint density at radius 2 is 2.39 bits per heavy atom. The molecule has 2 unspecified atom stereocenters. The molecule has 1 aliphatic rings. The fraction of sp³-hybridized carbons (Fsp3) is 0.545. The maximum Gasteiger partial charge on any atom is 0.312 e. The van der Waals surface area contributed by atoms with Crippen molar-refractivity contribution in [1.82, 2.24) is 4.98 Å². The van der Waals surface area contributed by atoms with Crippen molar-refractivity contribution in [3.8, 4) is 0 Å². The number of ether oxygens (including phenoxy) is 1. The number of methoxy groups -OCH3 is 1. The van der Waals surface area contributed by atoms with Gasteiger partial charge in [0.2, 0.25) is 5.82 Å². The molecule has 0 radical (unpaired) electrons. The van der Waals surface area contributed by atoms with Crippen LogP contribution in [0.4, 0.5) is 11.5 Å². The highest BCUT2D eigenvalue weighted by Gasteiger charge is 2.27. The number of pyridine rings is 1. The van der Waals surface area contributed by atoms with Crippen molar-refractivity contribution in [3.63, 3.8) is 0 Å². The Morgan fingerprint density at radius 3 is 3.00 bits per heavy atom. The van der Waals surface area contributed by atoms with Crippen molar-refractivity contribution in [3.05, 3.63) is 26.9 Å². The van der Waals surface area contributed by atoms with Gasteiger partial charge in [0.1, 0.15) is 0 Å². The van der Waals surface area contributed by atoms with Gasteiger partial charge in [-0.2, -0.15) is 0 Å². The highest BCUT2D eigenvalue weighted by atomic mass is 79.9. The lowest BCUT2D eigenvalue weighted by Crippen LogP contribution is -2.18. The second kappa shape index (κ2) is 5.62. The fourth-order valence-corrected chi connectivity index (χ4v) is 2.48. The van der Waals surface area contributed by atoms with E-state index in [9.17, 15) is 10.1 Å². The van der Waals surface area contributed by atoms with Gasteiger partial charge in [-0.05, 0) is 35.2 Å². The van der Waals surface area contributed by atoms with E-state index in [0.717, 1.165) is 19.3 Å². The number of rotatable bonds is 4. The number of aromatic nitrogens is 1. The van der Waals surface area contributed by atoms with E-state index in [1.807, 2.05) is 0 Å². The molecule has 2 rings (SSSR count). The van der Waals surface area contributed by atoms with Crippen LogP contribution in [0.5, 0.6) is 0 Å². The van der Waals surface area contributed by atoms with Gasteiger partial charge in [-0.1, -0.05) is 0 Å². The summed E-state index contributed by atoms with van der Waals surface area (Å²) in [5.41, 5.74) is -0.00904. The Hall–Kier alpha value is -1.21. The zero-order valence-electron chi connectivity index (χ0n) is 9.93. The first-order valence-corrected chi connectivity index (χ1v) is 6.48. The van der Waals surface area contributed by atoms with Crippen LogP contribution in [0.3, 0.4) is 0 Å². The highest BCUT2D eigenvalue weighted by Crippen LogP contribution is 2.29. The summed E-state index contributed by atoms with van der Waals surface area (Å²) in [5.74, 6) is 0.324. The molecule has 1 aliphatic carbocycles. The van der Waals surface area contributed by atoms with E-state index in [0.29, 0.717) is 10.3 Å². The van der Waals surface area contributed by atoms with Gasteiger partial charge in [0.15, 0.2) is 0 Å². The molecular formula is C11H14BrN3O3. The Balaban J connectivity index is 2.12. The number of halogens is 1. The summed E-state index contributed by atoms with van der Waals surface area (Å²) in [6.45, 7) is 0. The predicted octanol–water partition coefficient (Wildman–Crippen LogP) is 2.73. The van der Waals surface area contributed by atoms with Crippen LogP contribution >= 0.6 is 15.9 Å². The Morgan fingerprint density at radius 1 is 1.61 bits per heavy atom. The minimum Gasteiger partial charge on any atom is -0.381 e. The summed E-state index contributed by atoms with van der Waals surface area (Å²) in [7, 11) is 1.69. The second-order valence-electron chi connectivity index (χ2n) is 4.29. The lowest BCUT2D eigenvalue weighted by molar-refractivity contribution is -0.384. The van der Waals surface area contributed by atoms with Gasteiger partial charge in [-0.3, -0.25) is 10.1 Å². The van der Waals surface area contributed by atoms with Crippen molar-refractivity contribution in [2.45, 2.75) is 31.4 Å². The molecule has 0 bridgehead atoms. The molecule has 2 atom stereocenters. The Bertz CT molecular complexity index is 455. The Kier molecular flexibility index (Phi) is 4.13. The smallest absolute Gasteiger partial charge is 0.312 e. The predicted molar refractivity (Wildman–Crippen MR) is 70.7 cm³/mol. The van der Waals surface area contributed by atoms with Crippen LogP contribution in [0.25, 0.3) is 0 Å². The lowest BCUT2D eigenvalue weighted by Gasteiger charge is -2.13. The van der Waals surface area contributed by atoms with E-state index in [-0.39, 0.29) is 17.8 Å². The van der Waals surface area contributed by atoms with Crippen molar-refractivity contribution >= 4 is 27.4 Å². The van der Waals surface area contributed by atoms with Gasteiger partial charge in [-0.15, -0.1) is 0 Å². The summed E-state index contributed by atoms with van der Waals surface area (Å²) in [6.07, 6.45) is 4.55. The number of nitrogens with one attached hydrogen (secondary N) is 1. The summed E-state index contributed by atoms with van der Waals surface area (Å²) < 4.78 is 5.87. The average molecular weight is 316 g/mol. The molecule has 1 fully saturated rings. The largest absolute Gasteiger partial charge is 0.381 e. The maximum atomic E-state index is 10.9. The maximum absolute atomic E-state index is 10.9. The monoisotopic (exact) mass is 315 g/mol. The average Bonchev–Trinajstić information content (AvgIpc) is 2.79. The normalized spacial score (nSPS) is 23.0. The minimum absolute atomic E-state index is 0.00904. The molecule has 0 amide bonds. The van der Waals surface area contributed by atoms with E-state index < -0.39 is 4.92 Å². The van der Waals surface area contributed by atoms with E-state index in [2.05, 4.69) is 26.2 Å². The fourth-order valence-electron chi connectivity index (χ4n) is 2.16. The van der Waals surface area contributed by atoms with Gasteiger partial charge in [0.25, 0.3) is 0 Å². The molecule has 0 spiro atoms. The van der Waals surface area contributed by atoms with Crippen molar-refractivity contribution in [1.29, 1.82) is 0 Å². The molecule has 0 saturated heterocycles. The molecule has 18 heavy (non-hydrogen) atoms. The number of nitro groups is 1. The number of anilines is 1. The third-order valence-corrected chi connectivity index (χ3v) is 3.52. The Labute approximate surface area is 113 Å². The van der Waals surface area contributed by atoms with Gasteiger partial charge in [-0.25, -0.2) is 4.98 Å². The standard InChI is InChI=1S/C11H14BrN3O3/c1-18-9-3-2-8(5-9)14-11-10(15(16)17)4-7(12)6-13-11/h4,6,8-9H,2-3,5H2,1H3,(H,13,14). The van der Waals surface area contributed by atoms with Gasteiger partial charge in [0, 0.05) is 29.9 Å². The van der Waals surface area contributed by atoms with Crippen LogP contribution in [-0.4, -0.2) is 29.2 Å². The first kappa shape index (κ1) is 13.2. The van der Waals surface area contributed by atoms with Crippen LogP contribution in [0.15, 0.2) is 16.7 Å². The number of hydrogen-bond acceptors (Lipinski definition) is 5. The third-order valence-electron chi connectivity index (χ3n) is 3.09. The molecule has 1 heterocycles. The van der Waals surface area contributed by atoms with Crippen molar-refractivity contribution in [2.24, 2.45) is 0 Å². The summed E-state index contributed by atoms with van der Waals surface area (Å²) >= 11 is 3.18. The second-order valence-corrected chi connectivity index (χ2v) is 5.21. The quantitative estimate of drug-likeness (QED) is 0.682. The van der Waals surface area contributed by atoms with Crippen molar-refractivity contribution < 1.29 is 9.66 Å². The van der Waals surface area contributed by atoms with Crippen LogP contribution < -0.4 is 5.32 Å². The molecule has 1 saturated carbocycles. The molecule has 98 valence electrons. The SMILES string of the molecule is COC1CCC(Nc2ncc(Br)cc2[N+](=O)[O-])C1. The van der Waals surface area contributed by atoms with E-state index in [1.54, 1.807) is 13.3 Å². The topological polar surface area (TPSA) is 77.3 Å². The molecule has 0 aliphatic heterocycles. The first-order valence-electron chi connectivity index (χ1n) is 5.69. The molecule has 0 aromatic carbocycles. The van der Waals surface area contributed by atoms with Gasteiger partial charge in [0.05, 0.1) is 11.0 Å². The van der Waals surface area contributed by atoms with Gasteiger partial charge >= 0.3 is 5.69 Å². The van der Waals surface area contributed by atoms with Crippen LogP contribution in [0.2, 0.25) is 0 Å². The van der Waals surface area contributed by atoms with Crippen LogP contribution in [0, 0.1) is 10.1 Å². The molecule has 7 heteroatoms. The minimum atomic E-state index is -0.428. The van der Waals surface area contributed by atoms with Gasteiger partial charge < -0.3 is 10.1 Å². The third kappa shape index (κ3) is 2.97. The molecular weight excluding hydrogens is 302 g/mol. The molecule has 1 aromatic rings. The summed E-state index contributed by atoms with van der Waals surface area (Å²) in [4.78, 5) is 14.6. The van der Waals surface area contributed by atoms with Crippen LogP contribution in [-0.2, 0) is 4.74 Å². The van der Waals surface area contributed by atoms with E-state index in [4.69, 9.17) is 4.74 Å². The van der Waals surface area contributed by atoms with Crippen LogP contribution in [0.1, 0.15) is 19.3 Å². The lowest BCUT2D eigenvalue weighted by atomic mass is 10.2. The molecule has 1 N–H and O–H groups in total. The summed E-state index contributed by atoms with van der Waals surface area (Å²) in [6, 6.07) is 1.64. The zero-order chi connectivity index (χ0) is 13.1. The highest BCUT2D eigenvalue weighted by molar-refractivity contribution is 9.10. The molecule has 1 aromatic heterocycles. The number of hydrogen-bond donors (Lipinski definition) is 1.